The van der Waals surface area contributed by atoms with Crippen molar-refractivity contribution in [1.82, 2.24) is 15.0 Å². The minimum atomic E-state index is -0.244. The molecular formula is C19H16Cl2N4O3. The topological polar surface area (TPSA) is 80.5 Å². The van der Waals surface area contributed by atoms with Crippen LogP contribution in [-0.2, 0) is 0 Å². The number of nitrogens with zero attached hydrogens (tertiary/aromatic N) is 3. The van der Waals surface area contributed by atoms with Crippen molar-refractivity contribution in [3.63, 3.8) is 0 Å². The third-order valence-corrected chi connectivity index (χ3v) is 4.92. The normalized spacial score (nSPS) is 13.9. The Hall–Kier alpha value is -2.77. The van der Waals surface area contributed by atoms with Gasteiger partial charge in [0, 0.05) is 28.7 Å². The molecule has 1 fully saturated rings. The van der Waals surface area contributed by atoms with Gasteiger partial charge in [-0.05, 0) is 30.3 Å². The summed E-state index contributed by atoms with van der Waals surface area (Å²) >= 11 is 12.0. The predicted octanol–water partition coefficient (Wildman–Crippen LogP) is 4.68. The van der Waals surface area contributed by atoms with Crippen molar-refractivity contribution in [3.05, 3.63) is 58.4 Å². The van der Waals surface area contributed by atoms with Crippen LogP contribution in [0.25, 0.3) is 11.4 Å². The van der Waals surface area contributed by atoms with E-state index in [1.807, 2.05) is 12.1 Å². The number of benzene rings is 2. The number of ether oxygens (including phenoxy) is 1. The molecule has 1 N–H and O–H groups in total. The maximum atomic E-state index is 12.5. The molecule has 2 amide bonds. The second-order valence-corrected chi connectivity index (χ2v) is 7.22. The summed E-state index contributed by atoms with van der Waals surface area (Å²) in [6.45, 7) is 0.956. The molecule has 4 rings (SSSR count). The zero-order valence-corrected chi connectivity index (χ0v) is 16.4. The summed E-state index contributed by atoms with van der Waals surface area (Å²) in [5.41, 5.74) is 1.30. The SMILES string of the molecule is COc1ccc(Cl)cc1NC(=O)N1CC(c2nc(-c3cccc(Cl)c3)no2)C1. The van der Waals surface area contributed by atoms with E-state index in [-0.39, 0.29) is 11.9 Å². The third-order valence-electron chi connectivity index (χ3n) is 4.45. The zero-order valence-electron chi connectivity index (χ0n) is 14.9. The van der Waals surface area contributed by atoms with E-state index in [4.69, 9.17) is 32.5 Å². The number of likely N-dealkylation sites (tertiary alicyclic amines) is 1. The maximum absolute atomic E-state index is 12.5. The number of nitrogens with one attached hydrogen (secondary N) is 1. The third kappa shape index (κ3) is 3.76. The molecule has 0 saturated carbocycles. The van der Waals surface area contributed by atoms with Gasteiger partial charge in [0.2, 0.25) is 11.7 Å². The summed E-state index contributed by atoms with van der Waals surface area (Å²) in [5, 5.41) is 7.93. The number of aromatic nitrogens is 2. The van der Waals surface area contributed by atoms with Gasteiger partial charge in [0.15, 0.2) is 0 Å². The van der Waals surface area contributed by atoms with Gasteiger partial charge in [0.05, 0.1) is 18.7 Å². The minimum absolute atomic E-state index is 0.00700. The maximum Gasteiger partial charge on any atom is 0.321 e. The largest absolute Gasteiger partial charge is 0.495 e. The van der Waals surface area contributed by atoms with Crippen LogP contribution in [0, 0.1) is 0 Å². The van der Waals surface area contributed by atoms with Crippen LogP contribution in [0.5, 0.6) is 5.75 Å². The van der Waals surface area contributed by atoms with Gasteiger partial charge < -0.3 is 19.5 Å². The number of halogens is 2. The molecule has 0 unspecified atom stereocenters. The molecule has 1 aliphatic rings. The summed E-state index contributed by atoms with van der Waals surface area (Å²) in [6, 6.07) is 12.0. The number of urea groups is 1. The number of amides is 2. The van der Waals surface area contributed by atoms with Gasteiger partial charge in [0.25, 0.3) is 0 Å². The van der Waals surface area contributed by atoms with Gasteiger partial charge in [-0.1, -0.05) is 40.5 Å². The molecule has 0 bridgehead atoms. The fraction of sp³-hybridized carbons (Fsp3) is 0.211. The van der Waals surface area contributed by atoms with Gasteiger partial charge in [-0.15, -0.1) is 0 Å². The molecular weight excluding hydrogens is 403 g/mol. The molecule has 0 atom stereocenters. The van der Waals surface area contributed by atoms with Gasteiger partial charge in [-0.25, -0.2) is 4.79 Å². The van der Waals surface area contributed by atoms with Crippen LogP contribution in [0.15, 0.2) is 47.0 Å². The number of anilines is 1. The molecule has 144 valence electrons. The predicted molar refractivity (Wildman–Crippen MR) is 106 cm³/mol. The van der Waals surface area contributed by atoms with Crippen LogP contribution in [0.1, 0.15) is 11.8 Å². The van der Waals surface area contributed by atoms with E-state index in [2.05, 4.69) is 15.5 Å². The number of methoxy groups -OCH3 is 1. The molecule has 7 nitrogen and oxygen atoms in total. The Kier molecular flexibility index (Phi) is 5.11. The van der Waals surface area contributed by atoms with E-state index < -0.39 is 0 Å². The first-order valence-corrected chi connectivity index (χ1v) is 9.28. The van der Waals surface area contributed by atoms with Crippen LogP contribution in [-0.4, -0.2) is 41.3 Å². The Morgan fingerprint density at radius 3 is 2.75 bits per heavy atom. The van der Waals surface area contributed by atoms with E-state index in [9.17, 15) is 4.79 Å². The van der Waals surface area contributed by atoms with Crippen molar-refractivity contribution in [1.29, 1.82) is 0 Å². The number of carbonyl (C=O) groups is 1. The van der Waals surface area contributed by atoms with Crippen molar-refractivity contribution in [2.75, 3.05) is 25.5 Å². The molecule has 1 aliphatic heterocycles. The highest BCUT2D eigenvalue weighted by molar-refractivity contribution is 6.31. The first-order chi connectivity index (χ1) is 13.5. The highest BCUT2D eigenvalue weighted by Crippen LogP contribution is 2.31. The molecule has 28 heavy (non-hydrogen) atoms. The Balaban J connectivity index is 1.38. The first-order valence-electron chi connectivity index (χ1n) is 8.52. The summed E-state index contributed by atoms with van der Waals surface area (Å²) in [4.78, 5) is 18.5. The van der Waals surface area contributed by atoms with Crippen LogP contribution in [0.4, 0.5) is 10.5 Å². The van der Waals surface area contributed by atoms with Gasteiger partial charge in [0.1, 0.15) is 5.75 Å². The van der Waals surface area contributed by atoms with Crippen molar-refractivity contribution < 1.29 is 14.1 Å². The fourth-order valence-corrected chi connectivity index (χ4v) is 3.28. The lowest BCUT2D eigenvalue weighted by Crippen LogP contribution is -2.50. The number of rotatable bonds is 4. The number of hydrogen-bond donors (Lipinski definition) is 1. The Bertz CT molecular complexity index is 1020. The quantitative estimate of drug-likeness (QED) is 0.664. The van der Waals surface area contributed by atoms with Crippen LogP contribution >= 0.6 is 23.2 Å². The zero-order chi connectivity index (χ0) is 19.7. The smallest absolute Gasteiger partial charge is 0.321 e. The van der Waals surface area contributed by atoms with Crippen LogP contribution < -0.4 is 10.1 Å². The fourth-order valence-electron chi connectivity index (χ4n) is 2.92. The lowest BCUT2D eigenvalue weighted by atomic mass is 10.0. The van der Waals surface area contributed by atoms with E-state index in [1.54, 1.807) is 35.2 Å². The summed E-state index contributed by atoms with van der Waals surface area (Å²) in [6.07, 6.45) is 0. The average Bonchev–Trinajstić information content (AvgIpc) is 3.10. The van der Waals surface area contributed by atoms with Gasteiger partial charge >= 0.3 is 6.03 Å². The van der Waals surface area contributed by atoms with E-state index in [0.717, 1.165) is 5.56 Å². The second kappa shape index (κ2) is 7.69. The number of carbonyl (C=O) groups excluding carboxylic acids is 1. The minimum Gasteiger partial charge on any atom is -0.495 e. The van der Waals surface area contributed by atoms with E-state index in [1.165, 1.54) is 7.11 Å². The van der Waals surface area contributed by atoms with Crippen molar-refractivity contribution in [2.24, 2.45) is 0 Å². The molecule has 2 aromatic carbocycles. The lowest BCUT2D eigenvalue weighted by molar-refractivity contribution is 0.147. The summed E-state index contributed by atoms with van der Waals surface area (Å²) in [5.74, 6) is 1.51. The highest BCUT2D eigenvalue weighted by Gasteiger charge is 2.36. The molecule has 3 aromatic rings. The van der Waals surface area contributed by atoms with Crippen molar-refractivity contribution >= 4 is 34.9 Å². The van der Waals surface area contributed by atoms with E-state index in [0.29, 0.717) is 46.3 Å². The summed E-state index contributed by atoms with van der Waals surface area (Å²) in [7, 11) is 1.53. The number of hydrogen-bond acceptors (Lipinski definition) is 5. The van der Waals surface area contributed by atoms with Crippen LogP contribution in [0.2, 0.25) is 10.0 Å². The monoisotopic (exact) mass is 418 g/mol. The first kappa shape index (κ1) is 18.6. The molecule has 0 aliphatic carbocycles. The molecule has 1 saturated heterocycles. The summed E-state index contributed by atoms with van der Waals surface area (Å²) < 4.78 is 10.6. The Labute approximate surface area is 171 Å². The molecule has 2 heterocycles. The van der Waals surface area contributed by atoms with Crippen molar-refractivity contribution in [2.45, 2.75) is 5.92 Å². The Morgan fingerprint density at radius 1 is 1.21 bits per heavy atom. The Morgan fingerprint density at radius 2 is 2.00 bits per heavy atom. The highest BCUT2D eigenvalue weighted by atomic mass is 35.5. The molecule has 0 spiro atoms. The standard InChI is InChI=1S/C19H16Cl2N4O3/c1-27-16-6-5-14(21)8-15(16)22-19(26)25-9-12(10-25)18-23-17(24-28-18)11-3-2-4-13(20)7-11/h2-8,12H,9-10H2,1H3,(H,22,26). The second-order valence-electron chi connectivity index (χ2n) is 6.34. The van der Waals surface area contributed by atoms with Gasteiger partial charge in [-0.2, -0.15) is 4.98 Å². The molecule has 1 aromatic heterocycles. The molecule has 9 heteroatoms. The van der Waals surface area contributed by atoms with Crippen molar-refractivity contribution in [3.8, 4) is 17.1 Å². The van der Waals surface area contributed by atoms with Gasteiger partial charge in [-0.3, -0.25) is 0 Å². The average molecular weight is 419 g/mol. The van der Waals surface area contributed by atoms with E-state index >= 15 is 0 Å². The molecule has 0 radical (unpaired) electrons. The lowest BCUT2D eigenvalue weighted by Gasteiger charge is -2.36. The van der Waals surface area contributed by atoms with Crippen LogP contribution in [0.3, 0.4) is 0 Å².